The summed E-state index contributed by atoms with van der Waals surface area (Å²) in [4.78, 5) is 0.256. The second-order valence-electron chi connectivity index (χ2n) is 6.70. The molecule has 8 heteroatoms. The Balaban J connectivity index is 1.44. The van der Waals surface area contributed by atoms with Crippen LogP contribution in [0.3, 0.4) is 0 Å². The van der Waals surface area contributed by atoms with Crippen molar-refractivity contribution in [1.82, 2.24) is 13.1 Å². The Kier molecular flexibility index (Phi) is 3.73. The van der Waals surface area contributed by atoms with Gasteiger partial charge in [0, 0.05) is 19.5 Å². The van der Waals surface area contributed by atoms with Crippen LogP contribution in [-0.2, 0) is 16.4 Å². The first-order chi connectivity index (χ1) is 12.6. The molecule has 134 valence electrons. The maximum absolute atomic E-state index is 13.2. The molecule has 0 N–H and O–H groups in total. The molecular formula is C18H17N3O3S2. The van der Waals surface area contributed by atoms with Crippen LogP contribution in [0.4, 0.5) is 0 Å². The van der Waals surface area contributed by atoms with Gasteiger partial charge in [-0.05, 0) is 41.7 Å². The number of hydrogen-bond acceptors (Lipinski definition) is 6. The summed E-state index contributed by atoms with van der Waals surface area (Å²) < 4.78 is 41.8. The first-order valence-corrected chi connectivity index (χ1v) is 10.8. The predicted octanol–water partition coefficient (Wildman–Crippen LogP) is 2.80. The summed E-state index contributed by atoms with van der Waals surface area (Å²) in [5.74, 6) is 1.17. The van der Waals surface area contributed by atoms with Gasteiger partial charge in [-0.15, -0.1) is 0 Å². The molecule has 1 saturated heterocycles. The van der Waals surface area contributed by atoms with Gasteiger partial charge in [0.15, 0.2) is 0 Å². The van der Waals surface area contributed by atoms with Crippen molar-refractivity contribution in [3.05, 3.63) is 47.5 Å². The zero-order valence-corrected chi connectivity index (χ0v) is 15.6. The summed E-state index contributed by atoms with van der Waals surface area (Å²) in [7, 11) is -3.57. The van der Waals surface area contributed by atoms with E-state index in [1.54, 1.807) is 22.5 Å². The summed E-state index contributed by atoms with van der Waals surface area (Å²) in [6.45, 7) is 1.75. The highest BCUT2D eigenvalue weighted by Crippen LogP contribution is 2.35. The minimum Gasteiger partial charge on any atom is -0.493 e. The van der Waals surface area contributed by atoms with Gasteiger partial charge in [-0.25, -0.2) is 8.42 Å². The Hall–Kier alpha value is -2.03. The van der Waals surface area contributed by atoms with E-state index in [1.807, 2.05) is 6.07 Å². The molecule has 1 atom stereocenters. The highest BCUT2D eigenvalue weighted by Gasteiger charge is 2.35. The number of aromatic nitrogens is 2. The normalized spacial score (nSPS) is 20.4. The fourth-order valence-corrected chi connectivity index (χ4v) is 6.06. The lowest BCUT2D eigenvalue weighted by molar-refractivity contribution is 0.357. The van der Waals surface area contributed by atoms with E-state index in [4.69, 9.17) is 4.74 Å². The van der Waals surface area contributed by atoms with Crippen LogP contribution in [0.2, 0.25) is 0 Å². The molecule has 0 bridgehead atoms. The highest BCUT2D eigenvalue weighted by molar-refractivity contribution is 7.89. The van der Waals surface area contributed by atoms with Crippen LogP contribution >= 0.6 is 11.7 Å². The zero-order chi connectivity index (χ0) is 17.7. The third-order valence-corrected chi connectivity index (χ3v) is 7.64. The van der Waals surface area contributed by atoms with E-state index in [0.717, 1.165) is 36.9 Å². The van der Waals surface area contributed by atoms with Gasteiger partial charge in [-0.3, -0.25) is 0 Å². The van der Waals surface area contributed by atoms with E-state index in [2.05, 4.69) is 20.9 Å². The molecule has 6 nitrogen and oxygen atoms in total. The molecule has 0 spiro atoms. The van der Waals surface area contributed by atoms with Gasteiger partial charge in [-0.2, -0.15) is 13.1 Å². The number of hydrogen-bond donors (Lipinski definition) is 0. The summed E-state index contributed by atoms with van der Waals surface area (Å²) in [6, 6.07) is 11.4. The molecule has 1 aromatic heterocycles. The Morgan fingerprint density at radius 2 is 2.12 bits per heavy atom. The summed E-state index contributed by atoms with van der Waals surface area (Å²) in [6.07, 6.45) is 1.75. The third kappa shape index (κ3) is 2.52. The van der Waals surface area contributed by atoms with Gasteiger partial charge in [-0.1, -0.05) is 18.2 Å². The molecule has 0 radical (unpaired) electrons. The van der Waals surface area contributed by atoms with E-state index < -0.39 is 10.0 Å². The zero-order valence-electron chi connectivity index (χ0n) is 14.0. The molecule has 0 unspecified atom stereocenters. The molecule has 0 amide bonds. The maximum Gasteiger partial charge on any atom is 0.245 e. The molecule has 5 rings (SSSR count). The van der Waals surface area contributed by atoms with Crippen molar-refractivity contribution in [3.63, 3.8) is 0 Å². The molecule has 26 heavy (non-hydrogen) atoms. The van der Waals surface area contributed by atoms with Crippen LogP contribution in [0.5, 0.6) is 5.75 Å². The number of sulfonamides is 1. The molecule has 0 aliphatic carbocycles. The van der Waals surface area contributed by atoms with E-state index >= 15 is 0 Å². The largest absolute Gasteiger partial charge is 0.493 e. The first-order valence-electron chi connectivity index (χ1n) is 8.60. The third-order valence-electron chi connectivity index (χ3n) is 5.20. The van der Waals surface area contributed by atoms with Crippen LogP contribution in [0.15, 0.2) is 41.3 Å². The molecule has 3 heterocycles. The molecule has 1 fully saturated rings. The smallest absolute Gasteiger partial charge is 0.245 e. The second-order valence-corrected chi connectivity index (χ2v) is 9.14. The first kappa shape index (κ1) is 16.2. The lowest BCUT2D eigenvalue weighted by Gasteiger charge is -2.17. The average molecular weight is 387 g/mol. The quantitative estimate of drug-likeness (QED) is 0.691. The van der Waals surface area contributed by atoms with E-state index in [0.29, 0.717) is 24.1 Å². The number of nitrogens with zero attached hydrogens (tertiary/aromatic N) is 3. The van der Waals surface area contributed by atoms with Crippen LogP contribution in [0.25, 0.3) is 11.0 Å². The lowest BCUT2D eigenvalue weighted by atomic mass is 9.96. The second kappa shape index (κ2) is 6.00. The maximum atomic E-state index is 13.2. The number of fused-ring (bicyclic) bond motifs is 2. The highest BCUT2D eigenvalue weighted by atomic mass is 32.2. The molecule has 3 aromatic rings. The standard InChI is InChI=1S/C18H17N3O3S2/c22-26(23,17-3-1-2-15-18(17)20-25-19-15)21-8-6-14(11-21)12-4-5-16-13(10-12)7-9-24-16/h1-5,10,14H,6-9,11H2/t14-/m1/s1. The molecule has 0 saturated carbocycles. The minimum atomic E-state index is -3.57. The molecule has 2 aromatic carbocycles. The van der Waals surface area contributed by atoms with Crippen LogP contribution in [0, 0.1) is 0 Å². The fraction of sp³-hybridized carbons (Fsp3) is 0.333. The number of ether oxygens (including phenoxy) is 1. The molecule has 2 aliphatic heterocycles. The molecular weight excluding hydrogens is 370 g/mol. The lowest BCUT2D eigenvalue weighted by Crippen LogP contribution is -2.28. The fourth-order valence-electron chi connectivity index (χ4n) is 3.81. The van der Waals surface area contributed by atoms with Crippen molar-refractivity contribution in [2.24, 2.45) is 0 Å². The van der Waals surface area contributed by atoms with Gasteiger partial charge >= 0.3 is 0 Å². The summed E-state index contributed by atoms with van der Waals surface area (Å²) >= 11 is 1.04. The Morgan fingerprint density at radius 3 is 3.04 bits per heavy atom. The topological polar surface area (TPSA) is 72.4 Å². The minimum absolute atomic E-state index is 0.212. The Labute approximate surface area is 155 Å². The van der Waals surface area contributed by atoms with Gasteiger partial charge in [0.2, 0.25) is 10.0 Å². The SMILES string of the molecule is O=S(=O)(c1cccc2nsnc12)N1CC[C@@H](c2ccc3c(c2)CCO3)C1. The predicted molar refractivity (Wildman–Crippen MR) is 99.2 cm³/mol. The van der Waals surface area contributed by atoms with Crippen molar-refractivity contribution in [1.29, 1.82) is 0 Å². The van der Waals surface area contributed by atoms with Crippen molar-refractivity contribution in [2.45, 2.75) is 23.7 Å². The average Bonchev–Trinajstić information content (AvgIpc) is 3.39. The van der Waals surface area contributed by atoms with Crippen LogP contribution in [0.1, 0.15) is 23.5 Å². The van der Waals surface area contributed by atoms with Gasteiger partial charge in [0.25, 0.3) is 0 Å². The summed E-state index contributed by atoms with van der Waals surface area (Å²) in [5, 5.41) is 0. The van der Waals surface area contributed by atoms with Gasteiger partial charge in [0.1, 0.15) is 21.7 Å². The van der Waals surface area contributed by atoms with Gasteiger partial charge in [0.05, 0.1) is 18.3 Å². The van der Waals surface area contributed by atoms with Crippen molar-refractivity contribution >= 4 is 32.8 Å². The van der Waals surface area contributed by atoms with E-state index in [-0.39, 0.29) is 10.8 Å². The Bertz CT molecular complexity index is 1090. The van der Waals surface area contributed by atoms with Crippen molar-refractivity contribution in [3.8, 4) is 5.75 Å². The van der Waals surface area contributed by atoms with Crippen molar-refractivity contribution < 1.29 is 13.2 Å². The van der Waals surface area contributed by atoms with Crippen LogP contribution in [-0.4, -0.2) is 41.2 Å². The van der Waals surface area contributed by atoms with Gasteiger partial charge < -0.3 is 4.74 Å². The number of benzene rings is 2. The van der Waals surface area contributed by atoms with E-state index in [1.165, 1.54) is 11.1 Å². The monoisotopic (exact) mass is 387 g/mol. The van der Waals surface area contributed by atoms with Crippen molar-refractivity contribution in [2.75, 3.05) is 19.7 Å². The van der Waals surface area contributed by atoms with E-state index in [9.17, 15) is 8.42 Å². The Morgan fingerprint density at radius 1 is 1.19 bits per heavy atom. The summed E-state index contributed by atoms with van der Waals surface area (Å²) in [5.41, 5.74) is 3.52. The number of rotatable bonds is 3. The molecule has 2 aliphatic rings. The van der Waals surface area contributed by atoms with Crippen LogP contribution < -0.4 is 4.74 Å².